The summed E-state index contributed by atoms with van der Waals surface area (Å²) in [4.78, 5) is 23.6. The van der Waals surface area contributed by atoms with Crippen LogP contribution in [0, 0.1) is 0 Å². The molecule has 156 valence electrons. The number of anilines is 4. The Morgan fingerprint density at radius 2 is 2.00 bits per heavy atom. The van der Waals surface area contributed by atoms with E-state index in [1.807, 2.05) is 35.7 Å². The highest BCUT2D eigenvalue weighted by atomic mass is 35.5. The summed E-state index contributed by atoms with van der Waals surface area (Å²) in [5.74, 6) is 0.115. The highest BCUT2D eigenvalue weighted by Crippen LogP contribution is 2.25. The molecule has 2 aromatic heterocycles. The van der Waals surface area contributed by atoms with Gasteiger partial charge in [0, 0.05) is 35.5 Å². The molecule has 0 bridgehead atoms. The summed E-state index contributed by atoms with van der Waals surface area (Å²) in [7, 11) is 0. The number of nitrogens with zero attached hydrogens (tertiary/aromatic N) is 3. The molecule has 1 aliphatic rings. The van der Waals surface area contributed by atoms with Crippen LogP contribution in [0.3, 0.4) is 0 Å². The van der Waals surface area contributed by atoms with Gasteiger partial charge in [-0.15, -0.1) is 11.3 Å². The van der Waals surface area contributed by atoms with Gasteiger partial charge in [0.25, 0.3) is 5.91 Å². The molecular formula is C20H21ClN6O2S. The maximum Gasteiger partial charge on any atom is 0.254 e. The van der Waals surface area contributed by atoms with Crippen molar-refractivity contribution in [3.8, 4) is 0 Å². The van der Waals surface area contributed by atoms with Crippen molar-refractivity contribution in [3.63, 3.8) is 0 Å². The molecule has 3 aromatic rings. The van der Waals surface area contributed by atoms with Crippen molar-refractivity contribution in [1.29, 1.82) is 0 Å². The fraction of sp³-hybridized carbons (Fsp3) is 0.250. The zero-order chi connectivity index (χ0) is 20.9. The molecule has 4 rings (SSSR count). The van der Waals surface area contributed by atoms with Crippen molar-refractivity contribution in [2.45, 2.75) is 6.54 Å². The van der Waals surface area contributed by atoms with Gasteiger partial charge in [-0.05, 0) is 35.7 Å². The van der Waals surface area contributed by atoms with Gasteiger partial charge in [-0.1, -0.05) is 11.6 Å². The second-order valence-electron chi connectivity index (χ2n) is 6.64. The Hall–Kier alpha value is -2.88. The molecule has 4 N–H and O–H groups in total. The SMILES string of the molecule is NC(=O)c1cnc(Nc2ccc(N3CCOCC3)cc2)nc1NCc1sccc1Cl. The molecule has 8 nitrogen and oxygen atoms in total. The van der Waals surface area contributed by atoms with Crippen LogP contribution in [0.2, 0.25) is 5.02 Å². The Morgan fingerprint density at radius 1 is 1.23 bits per heavy atom. The summed E-state index contributed by atoms with van der Waals surface area (Å²) in [5, 5.41) is 8.87. The molecule has 30 heavy (non-hydrogen) atoms. The van der Waals surface area contributed by atoms with Crippen LogP contribution in [0.5, 0.6) is 0 Å². The number of amides is 1. The van der Waals surface area contributed by atoms with E-state index in [0.717, 1.165) is 42.6 Å². The molecule has 1 aromatic carbocycles. The van der Waals surface area contributed by atoms with E-state index in [-0.39, 0.29) is 5.56 Å². The summed E-state index contributed by atoms with van der Waals surface area (Å²) >= 11 is 7.66. The smallest absolute Gasteiger partial charge is 0.254 e. The van der Waals surface area contributed by atoms with Gasteiger partial charge in [0.15, 0.2) is 0 Å². The third-order valence-electron chi connectivity index (χ3n) is 4.66. The second-order valence-corrected chi connectivity index (χ2v) is 8.04. The van der Waals surface area contributed by atoms with Crippen molar-refractivity contribution >= 4 is 52.0 Å². The van der Waals surface area contributed by atoms with Gasteiger partial charge < -0.3 is 26.0 Å². The van der Waals surface area contributed by atoms with Crippen LogP contribution in [0.1, 0.15) is 15.2 Å². The van der Waals surface area contributed by atoms with Crippen LogP contribution in [-0.2, 0) is 11.3 Å². The van der Waals surface area contributed by atoms with E-state index in [9.17, 15) is 4.79 Å². The Morgan fingerprint density at radius 3 is 2.67 bits per heavy atom. The third kappa shape index (κ3) is 4.81. The molecule has 1 fully saturated rings. The molecule has 0 unspecified atom stereocenters. The average molecular weight is 445 g/mol. The molecule has 0 radical (unpaired) electrons. The van der Waals surface area contributed by atoms with E-state index in [0.29, 0.717) is 23.3 Å². The monoisotopic (exact) mass is 444 g/mol. The average Bonchev–Trinajstić information content (AvgIpc) is 3.18. The van der Waals surface area contributed by atoms with Gasteiger partial charge in [0.2, 0.25) is 5.95 Å². The Bertz CT molecular complexity index is 1020. The van der Waals surface area contributed by atoms with E-state index < -0.39 is 5.91 Å². The standard InChI is InChI=1S/C20H21ClN6O2S/c21-16-5-10-30-17(16)12-23-19-15(18(22)28)11-24-20(26-19)25-13-1-3-14(4-2-13)27-6-8-29-9-7-27/h1-5,10-11H,6-9,12H2,(H2,22,28)(H2,23,24,25,26). The fourth-order valence-electron chi connectivity index (χ4n) is 3.08. The number of benzene rings is 1. The Labute approximate surface area is 183 Å². The van der Waals surface area contributed by atoms with Crippen LogP contribution >= 0.6 is 22.9 Å². The molecule has 3 heterocycles. The molecule has 10 heteroatoms. The Balaban J connectivity index is 1.48. The van der Waals surface area contributed by atoms with Crippen LogP contribution in [0.25, 0.3) is 0 Å². The van der Waals surface area contributed by atoms with Crippen molar-refractivity contribution in [2.24, 2.45) is 5.73 Å². The van der Waals surface area contributed by atoms with Crippen LogP contribution in [-0.4, -0.2) is 42.2 Å². The second kappa shape index (κ2) is 9.29. The first-order chi connectivity index (χ1) is 14.6. The van der Waals surface area contributed by atoms with E-state index in [4.69, 9.17) is 22.1 Å². The molecule has 1 aliphatic heterocycles. The van der Waals surface area contributed by atoms with Crippen molar-refractivity contribution in [2.75, 3.05) is 41.8 Å². The van der Waals surface area contributed by atoms with Crippen LogP contribution < -0.4 is 21.3 Å². The third-order valence-corrected chi connectivity index (χ3v) is 6.05. The summed E-state index contributed by atoms with van der Waals surface area (Å²) in [6.45, 7) is 3.68. The number of morpholine rings is 1. The van der Waals surface area contributed by atoms with Gasteiger partial charge in [0.05, 0.1) is 30.3 Å². The largest absolute Gasteiger partial charge is 0.378 e. The fourth-order valence-corrected chi connectivity index (χ4v) is 4.12. The maximum absolute atomic E-state index is 11.8. The number of rotatable bonds is 7. The van der Waals surface area contributed by atoms with E-state index in [1.54, 1.807) is 0 Å². The quantitative estimate of drug-likeness (QED) is 0.512. The number of hydrogen-bond acceptors (Lipinski definition) is 8. The number of carbonyl (C=O) groups is 1. The van der Waals surface area contributed by atoms with E-state index in [1.165, 1.54) is 17.5 Å². The van der Waals surface area contributed by atoms with Gasteiger partial charge in [0.1, 0.15) is 5.82 Å². The van der Waals surface area contributed by atoms with Gasteiger partial charge in [-0.2, -0.15) is 4.98 Å². The number of ether oxygens (including phenoxy) is 1. The number of nitrogens with one attached hydrogen (secondary N) is 2. The van der Waals surface area contributed by atoms with Gasteiger partial charge in [-0.3, -0.25) is 4.79 Å². The summed E-state index contributed by atoms with van der Waals surface area (Å²) in [5.41, 5.74) is 7.67. The highest BCUT2D eigenvalue weighted by molar-refractivity contribution is 7.10. The first-order valence-corrected chi connectivity index (χ1v) is 10.7. The lowest BCUT2D eigenvalue weighted by Gasteiger charge is -2.28. The lowest BCUT2D eigenvalue weighted by atomic mass is 10.2. The maximum atomic E-state index is 11.8. The first-order valence-electron chi connectivity index (χ1n) is 9.42. The van der Waals surface area contributed by atoms with Crippen LogP contribution in [0.4, 0.5) is 23.1 Å². The van der Waals surface area contributed by atoms with Crippen molar-refractivity contribution in [3.05, 3.63) is 57.4 Å². The summed E-state index contributed by atoms with van der Waals surface area (Å²) in [6.07, 6.45) is 1.41. The number of carbonyl (C=O) groups excluding carboxylic acids is 1. The number of hydrogen-bond donors (Lipinski definition) is 3. The molecule has 0 atom stereocenters. The van der Waals surface area contributed by atoms with Crippen molar-refractivity contribution in [1.82, 2.24) is 9.97 Å². The normalized spacial score (nSPS) is 13.8. The number of nitrogens with two attached hydrogens (primary N) is 1. The minimum atomic E-state index is -0.601. The summed E-state index contributed by atoms with van der Waals surface area (Å²) < 4.78 is 5.40. The lowest BCUT2D eigenvalue weighted by Crippen LogP contribution is -2.36. The molecule has 1 saturated heterocycles. The number of primary amides is 1. The Kier molecular flexibility index (Phi) is 6.32. The molecule has 0 aliphatic carbocycles. The molecule has 0 spiro atoms. The zero-order valence-electron chi connectivity index (χ0n) is 16.1. The first kappa shape index (κ1) is 20.4. The van der Waals surface area contributed by atoms with Gasteiger partial charge in [-0.25, -0.2) is 4.98 Å². The number of thiophene rings is 1. The minimum Gasteiger partial charge on any atom is -0.378 e. The topological polar surface area (TPSA) is 105 Å². The van der Waals surface area contributed by atoms with Gasteiger partial charge >= 0.3 is 0 Å². The number of aromatic nitrogens is 2. The predicted octanol–water partition coefficient (Wildman–Crippen LogP) is 3.48. The van der Waals surface area contributed by atoms with Crippen LogP contribution in [0.15, 0.2) is 41.9 Å². The molecular weight excluding hydrogens is 424 g/mol. The predicted molar refractivity (Wildman–Crippen MR) is 120 cm³/mol. The molecule has 0 saturated carbocycles. The van der Waals surface area contributed by atoms with Crippen molar-refractivity contribution < 1.29 is 9.53 Å². The minimum absolute atomic E-state index is 0.218. The highest BCUT2D eigenvalue weighted by Gasteiger charge is 2.14. The van der Waals surface area contributed by atoms with E-state index in [2.05, 4.69) is 25.5 Å². The molecule has 1 amide bonds. The summed E-state index contributed by atoms with van der Waals surface area (Å²) in [6, 6.07) is 9.85. The van der Waals surface area contributed by atoms with E-state index >= 15 is 0 Å². The lowest BCUT2D eigenvalue weighted by molar-refractivity contribution is 0.100. The number of halogens is 1. The zero-order valence-corrected chi connectivity index (χ0v) is 17.7.